The predicted octanol–water partition coefficient (Wildman–Crippen LogP) is 3.88. The van der Waals surface area contributed by atoms with Crippen LogP contribution in [0.5, 0.6) is 0 Å². The number of hydrogen-bond acceptors (Lipinski definition) is 6. The van der Waals surface area contributed by atoms with Crippen molar-refractivity contribution in [2.24, 2.45) is 5.73 Å². The summed E-state index contributed by atoms with van der Waals surface area (Å²) in [4.78, 5) is 27.0. The topological polar surface area (TPSA) is 81.9 Å². The van der Waals surface area contributed by atoms with Crippen LogP contribution < -0.4 is 15.8 Å². The molecule has 0 saturated heterocycles. The summed E-state index contributed by atoms with van der Waals surface area (Å²) in [6.07, 6.45) is 1.73. The molecule has 186 valence electrons. The summed E-state index contributed by atoms with van der Waals surface area (Å²) >= 11 is 0. The van der Waals surface area contributed by atoms with E-state index in [1.165, 1.54) is 11.2 Å². The van der Waals surface area contributed by atoms with Crippen molar-refractivity contribution in [1.82, 2.24) is 0 Å². The second-order valence-electron chi connectivity index (χ2n) is 9.35. The number of hydrogen-bond donors (Lipinski definition) is 1. The van der Waals surface area contributed by atoms with Gasteiger partial charge in [-0.05, 0) is 50.8 Å². The summed E-state index contributed by atoms with van der Waals surface area (Å²) in [5.41, 5.74) is 6.50. The SMILES string of the molecule is CCOC(=O)C(N)(CCc1ccc(N(C)CCC[Si](C)(C)c2ccccc2)cc1)C(=O)OCC. The minimum absolute atomic E-state index is 0.124. The van der Waals surface area contributed by atoms with Crippen LogP contribution in [0.25, 0.3) is 0 Å². The molecule has 0 radical (unpaired) electrons. The maximum atomic E-state index is 12.4. The highest BCUT2D eigenvalue weighted by Gasteiger charge is 2.44. The lowest BCUT2D eigenvalue weighted by Crippen LogP contribution is -2.57. The van der Waals surface area contributed by atoms with Crippen LogP contribution in [0, 0.1) is 0 Å². The molecule has 2 N–H and O–H groups in total. The molecule has 2 aromatic rings. The second kappa shape index (κ2) is 12.7. The van der Waals surface area contributed by atoms with Gasteiger partial charge in [-0.1, -0.05) is 66.8 Å². The van der Waals surface area contributed by atoms with Gasteiger partial charge in [0.05, 0.1) is 21.3 Å². The molecule has 0 bridgehead atoms. The lowest BCUT2D eigenvalue weighted by molar-refractivity contribution is -0.164. The van der Waals surface area contributed by atoms with E-state index in [0.29, 0.717) is 6.42 Å². The fraction of sp³-hybridized carbons (Fsp3) is 0.481. The molecule has 0 aliphatic heterocycles. The Morgan fingerprint density at radius 1 is 0.941 bits per heavy atom. The number of anilines is 1. The van der Waals surface area contributed by atoms with Crippen molar-refractivity contribution in [3.8, 4) is 0 Å². The molecule has 6 nitrogen and oxygen atoms in total. The lowest BCUT2D eigenvalue weighted by atomic mass is 9.92. The van der Waals surface area contributed by atoms with Crippen molar-refractivity contribution in [3.63, 3.8) is 0 Å². The zero-order chi connectivity index (χ0) is 25.2. The van der Waals surface area contributed by atoms with E-state index in [4.69, 9.17) is 15.2 Å². The van der Waals surface area contributed by atoms with E-state index in [1.807, 2.05) is 12.1 Å². The number of nitrogens with two attached hydrogens (primary N) is 1. The van der Waals surface area contributed by atoms with Gasteiger partial charge in [-0.25, -0.2) is 9.59 Å². The number of rotatable bonds is 13. The third-order valence-electron chi connectivity index (χ3n) is 6.32. The highest BCUT2D eigenvalue weighted by molar-refractivity contribution is 6.89. The first kappa shape index (κ1) is 27.6. The number of esters is 2. The molecule has 0 aromatic heterocycles. The molecule has 0 spiro atoms. The number of carbonyl (C=O) groups excluding carboxylic acids is 2. The molecule has 0 heterocycles. The van der Waals surface area contributed by atoms with E-state index >= 15 is 0 Å². The zero-order valence-corrected chi connectivity index (χ0v) is 22.3. The molecular formula is C27H40N2O4Si. The summed E-state index contributed by atoms with van der Waals surface area (Å²) in [5.74, 6) is -1.49. The van der Waals surface area contributed by atoms with Crippen molar-refractivity contribution >= 4 is 30.9 Å². The third kappa shape index (κ3) is 7.43. The summed E-state index contributed by atoms with van der Waals surface area (Å²) in [7, 11) is 0.680. The smallest absolute Gasteiger partial charge is 0.337 e. The summed E-state index contributed by atoms with van der Waals surface area (Å²) in [5, 5.41) is 1.50. The van der Waals surface area contributed by atoms with Crippen molar-refractivity contribution < 1.29 is 19.1 Å². The average molecular weight is 485 g/mol. The highest BCUT2D eigenvalue weighted by atomic mass is 28.3. The lowest BCUT2D eigenvalue weighted by Gasteiger charge is -2.26. The van der Waals surface area contributed by atoms with Crippen molar-refractivity contribution in [2.45, 2.75) is 57.8 Å². The van der Waals surface area contributed by atoms with Crippen molar-refractivity contribution in [3.05, 3.63) is 60.2 Å². The van der Waals surface area contributed by atoms with Gasteiger partial charge in [0.2, 0.25) is 5.54 Å². The van der Waals surface area contributed by atoms with Gasteiger partial charge >= 0.3 is 11.9 Å². The van der Waals surface area contributed by atoms with Gasteiger partial charge in [-0.3, -0.25) is 0 Å². The van der Waals surface area contributed by atoms with E-state index < -0.39 is 25.6 Å². The molecular weight excluding hydrogens is 444 g/mol. The first-order valence-electron chi connectivity index (χ1n) is 12.1. The Kier molecular flexibility index (Phi) is 10.3. The predicted molar refractivity (Wildman–Crippen MR) is 141 cm³/mol. The molecule has 34 heavy (non-hydrogen) atoms. The fourth-order valence-corrected chi connectivity index (χ4v) is 6.41. The molecule has 0 aliphatic carbocycles. The minimum atomic E-state index is -1.79. The average Bonchev–Trinajstić information content (AvgIpc) is 2.83. The Hall–Kier alpha value is -2.64. The van der Waals surface area contributed by atoms with Crippen LogP contribution in [0.4, 0.5) is 5.69 Å². The van der Waals surface area contributed by atoms with E-state index in [2.05, 4.69) is 67.5 Å². The van der Waals surface area contributed by atoms with Gasteiger partial charge in [0.1, 0.15) is 0 Å². The van der Waals surface area contributed by atoms with Crippen LogP contribution in [0.1, 0.15) is 32.3 Å². The first-order chi connectivity index (χ1) is 16.1. The Morgan fingerprint density at radius 3 is 2.03 bits per heavy atom. The fourth-order valence-electron chi connectivity index (χ4n) is 3.99. The summed E-state index contributed by atoms with van der Waals surface area (Å²) in [6.45, 7) is 9.53. The van der Waals surface area contributed by atoms with E-state index in [-0.39, 0.29) is 19.6 Å². The maximum Gasteiger partial charge on any atom is 0.337 e. The maximum absolute atomic E-state index is 12.4. The minimum Gasteiger partial charge on any atom is -0.464 e. The molecule has 0 fully saturated rings. The normalized spacial score (nSPS) is 11.7. The Bertz CT molecular complexity index is 898. The summed E-state index contributed by atoms with van der Waals surface area (Å²) in [6, 6.07) is 20.3. The molecule has 7 heteroatoms. The number of ether oxygens (including phenoxy) is 2. The molecule has 0 amide bonds. The van der Waals surface area contributed by atoms with E-state index in [1.54, 1.807) is 13.8 Å². The van der Waals surface area contributed by atoms with E-state index in [9.17, 15) is 9.59 Å². The van der Waals surface area contributed by atoms with Crippen molar-refractivity contribution in [1.29, 1.82) is 0 Å². The number of benzene rings is 2. The van der Waals surface area contributed by atoms with Gasteiger partial charge in [0, 0.05) is 19.3 Å². The first-order valence-corrected chi connectivity index (χ1v) is 15.3. The van der Waals surface area contributed by atoms with Crippen LogP contribution in [0.3, 0.4) is 0 Å². The zero-order valence-electron chi connectivity index (χ0n) is 21.3. The van der Waals surface area contributed by atoms with Gasteiger partial charge in [-0.2, -0.15) is 0 Å². The monoisotopic (exact) mass is 484 g/mol. The van der Waals surface area contributed by atoms with Gasteiger partial charge in [0.25, 0.3) is 0 Å². The van der Waals surface area contributed by atoms with Crippen LogP contribution >= 0.6 is 0 Å². The van der Waals surface area contributed by atoms with Crippen LogP contribution in [0.2, 0.25) is 19.1 Å². The molecule has 0 unspecified atom stereocenters. The molecule has 2 rings (SSSR count). The van der Waals surface area contributed by atoms with Crippen LogP contribution in [0.15, 0.2) is 54.6 Å². The second-order valence-corrected chi connectivity index (χ2v) is 14.2. The molecule has 0 aliphatic rings. The number of aryl methyl sites for hydroxylation is 1. The standard InChI is InChI=1S/C27H40N2O4Si/c1-6-32-25(30)27(28,26(31)33-7-2)19-18-22-14-16-23(17-15-22)29(3)20-11-21-34(4,5)24-12-9-8-10-13-24/h8-10,12-17H,6-7,11,18-21,28H2,1-5H3. The van der Waals surface area contributed by atoms with Crippen molar-refractivity contribution in [2.75, 3.05) is 31.7 Å². The quantitative estimate of drug-likeness (QED) is 0.264. The summed E-state index contributed by atoms with van der Waals surface area (Å²) < 4.78 is 10.1. The van der Waals surface area contributed by atoms with Gasteiger partial charge in [-0.15, -0.1) is 0 Å². The molecule has 0 atom stereocenters. The van der Waals surface area contributed by atoms with Gasteiger partial charge < -0.3 is 20.1 Å². The largest absolute Gasteiger partial charge is 0.464 e. The van der Waals surface area contributed by atoms with Crippen LogP contribution in [-0.2, 0) is 25.5 Å². The molecule has 0 saturated carbocycles. The number of nitrogens with zero attached hydrogens (tertiary/aromatic N) is 1. The van der Waals surface area contributed by atoms with Gasteiger partial charge in [0.15, 0.2) is 0 Å². The van der Waals surface area contributed by atoms with Crippen LogP contribution in [-0.4, -0.2) is 52.4 Å². The van der Waals surface area contributed by atoms with E-state index in [0.717, 1.165) is 24.2 Å². The Labute approximate surface area is 205 Å². The number of carbonyl (C=O) groups is 2. The Morgan fingerprint density at radius 2 is 1.50 bits per heavy atom. The third-order valence-corrected chi connectivity index (χ3v) is 9.81. The molecule has 2 aromatic carbocycles. The highest BCUT2D eigenvalue weighted by Crippen LogP contribution is 2.20. The Balaban J connectivity index is 1.93.